The van der Waals surface area contributed by atoms with Crippen molar-refractivity contribution in [3.05, 3.63) is 117 Å². The highest BCUT2D eigenvalue weighted by atomic mass is 19.4. The number of nitrogens with two attached hydrogens (primary N) is 2. The molecule has 12 nitrogen and oxygen atoms in total. The van der Waals surface area contributed by atoms with E-state index in [2.05, 4.69) is 9.47 Å². The Morgan fingerprint density at radius 1 is 0.488 bits per heavy atom. The minimum Gasteiger partial charge on any atom is -0.488 e. The molecular formula is C61H73F9N2O10. The zero-order valence-electron chi connectivity index (χ0n) is 48.5. The molecule has 0 aliphatic heterocycles. The smallest absolute Gasteiger partial charge is 0.488 e. The minimum atomic E-state index is -5.03. The molecule has 0 aliphatic carbocycles. The van der Waals surface area contributed by atoms with E-state index in [9.17, 15) is 35.9 Å². The van der Waals surface area contributed by atoms with Gasteiger partial charge < -0.3 is 48.7 Å². The SMILES string of the molecule is Cc1ccc(-c2cc3ccc(OC(C)(C)CC(C)(C)C(OCC(COC(CC(C)(C)N)C(C)(C)N)C(F)(F)F)C(C)(C)CC(C)(C)Oc4ccc5cc(-c6ccc(C)cc6OC(F)(F)F)c(=O)oc5c4)cc3oc2=O)c(OC(F)(F)F)c1. The van der Waals surface area contributed by atoms with Crippen molar-refractivity contribution in [2.75, 3.05) is 13.2 Å². The van der Waals surface area contributed by atoms with Crippen LogP contribution in [0.3, 0.4) is 0 Å². The third-order valence-corrected chi connectivity index (χ3v) is 13.7. The van der Waals surface area contributed by atoms with Gasteiger partial charge in [0.05, 0.1) is 36.5 Å². The van der Waals surface area contributed by atoms with Crippen molar-refractivity contribution >= 4 is 21.9 Å². The molecule has 4 aromatic carbocycles. The second-order valence-electron chi connectivity index (χ2n) is 25.2. The van der Waals surface area contributed by atoms with Gasteiger partial charge in [0.15, 0.2) is 0 Å². The van der Waals surface area contributed by atoms with Crippen LogP contribution in [0, 0.1) is 30.6 Å². The van der Waals surface area contributed by atoms with E-state index in [-0.39, 0.29) is 64.2 Å². The van der Waals surface area contributed by atoms with Gasteiger partial charge in [0.2, 0.25) is 0 Å². The summed E-state index contributed by atoms with van der Waals surface area (Å²) < 4.78 is 171. The molecule has 0 saturated heterocycles. The van der Waals surface area contributed by atoms with Crippen molar-refractivity contribution in [3.63, 3.8) is 0 Å². The molecule has 2 heterocycles. The summed E-state index contributed by atoms with van der Waals surface area (Å²) in [7, 11) is 0. The largest absolute Gasteiger partial charge is 0.573 e. The number of ether oxygens (including phenoxy) is 6. The number of benzene rings is 4. The Kier molecular flexibility index (Phi) is 18.5. The highest BCUT2D eigenvalue weighted by Crippen LogP contribution is 2.48. The van der Waals surface area contributed by atoms with Gasteiger partial charge in [0.1, 0.15) is 51.3 Å². The molecule has 0 fully saturated rings. The molecule has 0 bridgehead atoms. The predicted octanol–water partition coefficient (Wildman–Crippen LogP) is 15.3. The molecule has 2 aromatic heterocycles. The van der Waals surface area contributed by atoms with Crippen molar-refractivity contribution in [1.29, 1.82) is 0 Å². The summed E-state index contributed by atoms with van der Waals surface area (Å²) in [6, 6.07) is 20.0. The van der Waals surface area contributed by atoms with Crippen molar-refractivity contribution in [3.8, 4) is 45.3 Å². The molecule has 0 saturated carbocycles. The number of hydrogen-bond donors (Lipinski definition) is 2. The van der Waals surface area contributed by atoms with Crippen LogP contribution in [0.4, 0.5) is 39.5 Å². The van der Waals surface area contributed by atoms with Gasteiger partial charge in [-0.3, -0.25) is 0 Å². The lowest BCUT2D eigenvalue weighted by atomic mass is 9.64. The third kappa shape index (κ3) is 17.6. The van der Waals surface area contributed by atoms with Crippen LogP contribution in [-0.2, 0) is 9.47 Å². The fourth-order valence-corrected chi connectivity index (χ4v) is 11.1. The molecule has 21 heteroatoms. The monoisotopic (exact) mass is 1160 g/mol. The number of alkyl halides is 9. The Morgan fingerprint density at radius 3 is 1.23 bits per heavy atom. The van der Waals surface area contributed by atoms with E-state index >= 15 is 13.2 Å². The normalized spacial score (nSPS) is 14.4. The first-order valence-electron chi connectivity index (χ1n) is 26.4. The van der Waals surface area contributed by atoms with Crippen LogP contribution in [0.1, 0.15) is 113 Å². The topological polar surface area (TPSA) is 168 Å². The average Bonchev–Trinajstić information content (AvgIpc) is 3.47. The van der Waals surface area contributed by atoms with Gasteiger partial charge in [-0.15, -0.1) is 26.3 Å². The number of hydrogen-bond acceptors (Lipinski definition) is 12. The van der Waals surface area contributed by atoms with Crippen LogP contribution in [0.25, 0.3) is 44.2 Å². The van der Waals surface area contributed by atoms with E-state index in [4.69, 9.17) is 39.2 Å². The van der Waals surface area contributed by atoms with Crippen molar-refractivity contribution in [2.45, 2.75) is 170 Å². The summed E-state index contributed by atoms with van der Waals surface area (Å²) in [5.74, 6) is -2.81. The first kappa shape index (κ1) is 64.9. The summed E-state index contributed by atoms with van der Waals surface area (Å²) in [6.45, 7) is 22.7. The number of aryl methyl sites for hydroxylation is 2. The Morgan fingerprint density at radius 2 is 0.878 bits per heavy atom. The Labute approximate surface area is 470 Å². The van der Waals surface area contributed by atoms with Crippen LogP contribution in [0.15, 0.2) is 103 Å². The van der Waals surface area contributed by atoms with E-state index in [0.29, 0.717) is 21.9 Å². The minimum absolute atomic E-state index is 0.0566. The summed E-state index contributed by atoms with van der Waals surface area (Å²) in [4.78, 5) is 26.8. The quantitative estimate of drug-likeness (QED) is 0.0461. The van der Waals surface area contributed by atoms with Crippen molar-refractivity contribution < 1.29 is 76.8 Å². The van der Waals surface area contributed by atoms with Gasteiger partial charge >= 0.3 is 30.2 Å². The van der Waals surface area contributed by atoms with Crippen LogP contribution in [0.2, 0.25) is 0 Å². The standard InChI is InChI=1S/C61H73F9N2O10/c1-34-15-21-41(47(23-34)81-60(65,66)67)43-25-36-17-19-39(27-45(36)77-50(43)73)79-56(9,10)32-53(3,4)52(76-31-38(59(62,63)64)30-75-49(58(13,14)72)29-55(7,8)71)54(5,6)33-57(11,12)80-40-20-18-37-26-44(51(74)78-46(37)28-40)42-22-16-35(2)24-48(42)82-61(68,69)70/h15-28,38,49,52H,29-33,71-72H2,1-14H3. The summed E-state index contributed by atoms with van der Waals surface area (Å²) in [5, 5.41) is 0.708. The lowest BCUT2D eigenvalue weighted by Gasteiger charge is -2.49. The highest BCUT2D eigenvalue weighted by Gasteiger charge is 2.50. The Balaban J connectivity index is 1.30. The van der Waals surface area contributed by atoms with E-state index < -0.39 is 106 Å². The number of fused-ring (bicyclic) bond motifs is 2. The molecular weight excluding hydrogens is 1090 g/mol. The molecule has 0 spiro atoms. The molecule has 0 amide bonds. The number of rotatable bonds is 23. The summed E-state index contributed by atoms with van der Waals surface area (Å²) in [5.41, 5.74) is 5.04. The van der Waals surface area contributed by atoms with E-state index in [1.807, 2.05) is 27.7 Å². The fraction of sp³-hybridized carbons (Fsp3) is 0.508. The van der Waals surface area contributed by atoms with Gasteiger partial charge in [-0.05, 0) is 159 Å². The first-order valence-corrected chi connectivity index (χ1v) is 26.4. The van der Waals surface area contributed by atoms with Crippen LogP contribution in [0.5, 0.6) is 23.0 Å². The molecule has 4 N–H and O–H groups in total. The molecule has 82 heavy (non-hydrogen) atoms. The maximum absolute atomic E-state index is 15.1. The van der Waals surface area contributed by atoms with E-state index in [1.54, 1.807) is 93.5 Å². The molecule has 0 radical (unpaired) electrons. The lowest BCUT2D eigenvalue weighted by molar-refractivity contribution is -0.275. The molecule has 6 rings (SSSR count). The molecule has 6 aromatic rings. The molecule has 2 unspecified atom stereocenters. The van der Waals surface area contributed by atoms with Gasteiger partial charge in [0, 0.05) is 45.1 Å². The van der Waals surface area contributed by atoms with Crippen molar-refractivity contribution in [1.82, 2.24) is 0 Å². The van der Waals surface area contributed by atoms with Crippen LogP contribution >= 0.6 is 0 Å². The fourth-order valence-electron chi connectivity index (χ4n) is 11.1. The second kappa shape index (κ2) is 23.4. The maximum Gasteiger partial charge on any atom is 0.573 e. The molecule has 450 valence electrons. The van der Waals surface area contributed by atoms with E-state index in [1.165, 1.54) is 48.5 Å². The Bertz CT molecular complexity index is 3160. The van der Waals surface area contributed by atoms with Crippen LogP contribution in [-0.4, -0.2) is 66.6 Å². The zero-order chi connectivity index (χ0) is 61.6. The first-order chi connectivity index (χ1) is 37.3. The van der Waals surface area contributed by atoms with Crippen LogP contribution < -0.4 is 41.7 Å². The second-order valence-corrected chi connectivity index (χ2v) is 25.2. The third-order valence-electron chi connectivity index (χ3n) is 13.7. The average molecular weight is 1170 g/mol. The van der Waals surface area contributed by atoms with E-state index in [0.717, 1.165) is 12.1 Å². The summed E-state index contributed by atoms with van der Waals surface area (Å²) >= 11 is 0. The van der Waals surface area contributed by atoms with Gasteiger partial charge in [-0.25, -0.2) is 9.59 Å². The van der Waals surface area contributed by atoms with Gasteiger partial charge in [0.25, 0.3) is 0 Å². The zero-order valence-corrected chi connectivity index (χ0v) is 48.5. The lowest BCUT2D eigenvalue weighted by Crippen LogP contribution is -2.53. The van der Waals surface area contributed by atoms with Gasteiger partial charge in [-0.2, -0.15) is 13.2 Å². The molecule has 2 atom stereocenters. The number of halogens is 9. The Hall–Kier alpha value is -6.29. The predicted molar refractivity (Wildman–Crippen MR) is 295 cm³/mol. The van der Waals surface area contributed by atoms with Gasteiger partial charge in [-0.1, -0.05) is 52.0 Å². The van der Waals surface area contributed by atoms with Crippen molar-refractivity contribution in [2.24, 2.45) is 28.2 Å². The highest BCUT2D eigenvalue weighted by molar-refractivity contribution is 5.85. The molecule has 0 aliphatic rings. The maximum atomic E-state index is 15.1. The summed E-state index contributed by atoms with van der Waals surface area (Å²) in [6.07, 6.45) is -16.3.